The van der Waals surface area contributed by atoms with Crippen LogP contribution in [0.5, 0.6) is 5.75 Å². The van der Waals surface area contributed by atoms with Crippen LogP contribution in [0.3, 0.4) is 0 Å². The van der Waals surface area contributed by atoms with Gasteiger partial charge < -0.3 is 4.74 Å². The van der Waals surface area contributed by atoms with Gasteiger partial charge in [0.25, 0.3) is 0 Å². The molecule has 1 aliphatic heterocycles. The molecule has 0 N–H and O–H groups in total. The Morgan fingerprint density at radius 1 is 1.07 bits per heavy atom. The van der Waals surface area contributed by atoms with Crippen molar-refractivity contribution in [1.82, 2.24) is 14.8 Å². The van der Waals surface area contributed by atoms with Crippen LogP contribution in [-0.2, 0) is 5.54 Å². The zero-order chi connectivity index (χ0) is 18.6. The summed E-state index contributed by atoms with van der Waals surface area (Å²) in [5.74, 6) is 2.60. The minimum atomic E-state index is -0.317. The van der Waals surface area contributed by atoms with Gasteiger partial charge in [0.15, 0.2) is 5.82 Å². The molecule has 5 rings (SSSR count). The normalized spacial score (nSPS) is 16.8. The van der Waals surface area contributed by atoms with Crippen LogP contribution in [0.15, 0.2) is 47.5 Å². The second kappa shape index (κ2) is 5.92. The van der Waals surface area contributed by atoms with Gasteiger partial charge in [-0.1, -0.05) is 23.7 Å². The maximum Gasteiger partial charge on any atom is 0.165 e. The summed E-state index contributed by atoms with van der Waals surface area (Å²) < 4.78 is 7.65. The first kappa shape index (κ1) is 16.5. The van der Waals surface area contributed by atoms with E-state index < -0.39 is 0 Å². The molecule has 1 spiro atoms. The van der Waals surface area contributed by atoms with Crippen LogP contribution in [0, 0.1) is 6.92 Å². The Morgan fingerprint density at radius 3 is 2.52 bits per heavy atom. The lowest BCUT2D eigenvalue weighted by molar-refractivity contribution is 0.239. The Bertz CT molecular complexity index is 1060. The zero-order valence-electron chi connectivity index (χ0n) is 15.2. The molecule has 1 saturated carbocycles. The van der Waals surface area contributed by atoms with Crippen molar-refractivity contribution in [2.75, 3.05) is 7.11 Å². The van der Waals surface area contributed by atoms with E-state index in [1.54, 1.807) is 7.11 Å². The van der Waals surface area contributed by atoms with Crippen molar-refractivity contribution < 1.29 is 4.74 Å². The van der Waals surface area contributed by atoms with Gasteiger partial charge in [-0.2, -0.15) is 0 Å². The largest absolute Gasteiger partial charge is 0.497 e. The number of fused-ring (bicyclic) bond motifs is 4. The SMILES string of the molecule is COc1ccc2c(c1)C(c1ccc(Cl)cc1)=NC1(CCC1)c1nnc(C)n1-2. The van der Waals surface area contributed by atoms with E-state index >= 15 is 0 Å². The van der Waals surface area contributed by atoms with Crippen LogP contribution in [-0.4, -0.2) is 27.6 Å². The molecule has 0 atom stereocenters. The van der Waals surface area contributed by atoms with E-state index in [-0.39, 0.29) is 5.54 Å². The predicted octanol–water partition coefficient (Wildman–Crippen LogP) is 4.47. The molecule has 2 aromatic carbocycles. The summed E-state index contributed by atoms with van der Waals surface area (Å²) in [5.41, 5.74) is 3.72. The number of hydrogen-bond acceptors (Lipinski definition) is 4. The van der Waals surface area contributed by atoms with Gasteiger partial charge in [0, 0.05) is 16.1 Å². The Hall–Kier alpha value is -2.66. The minimum absolute atomic E-state index is 0.317. The summed E-state index contributed by atoms with van der Waals surface area (Å²) in [6.45, 7) is 1.99. The van der Waals surface area contributed by atoms with Gasteiger partial charge in [-0.25, -0.2) is 0 Å². The van der Waals surface area contributed by atoms with Gasteiger partial charge >= 0.3 is 0 Å². The summed E-state index contributed by atoms with van der Waals surface area (Å²) in [4.78, 5) is 5.28. The van der Waals surface area contributed by atoms with Crippen molar-refractivity contribution in [3.05, 3.63) is 70.3 Å². The highest BCUT2D eigenvalue weighted by molar-refractivity contribution is 6.30. The molecule has 27 heavy (non-hydrogen) atoms. The van der Waals surface area contributed by atoms with Crippen molar-refractivity contribution in [3.63, 3.8) is 0 Å². The van der Waals surface area contributed by atoms with Crippen LogP contribution >= 0.6 is 11.6 Å². The molecule has 0 bridgehead atoms. The molecule has 0 saturated heterocycles. The molecule has 2 heterocycles. The number of nitrogens with zero attached hydrogens (tertiary/aromatic N) is 4. The van der Waals surface area contributed by atoms with Gasteiger partial charge in [0.1, 0.15) is 17.1 Å². The minimum Gasteiger partial charge on any atom is -0.497 e. The number of rotatable bonds is 2. The third kappa shape index (κ3) is 2.42. The molecule has 0 amide bonds. The molecule has 3 aromatic rings. The number of aryl methyl sites for hydroxylation is 1. The lowest BCUT2D eigenvalue weighted by Gasteiger charge is -2.36. The summed E-state index contributed by atoms with van der Waals surface area (Å²) in [5, 5.41) is 9.60. The smallest absolute Gasteiger partial charge is 0.165 e. The average molecular weight is 379 g/mol. The zero-order valence-corrected chi connectivity index (χ0v) is 16.0. The fraction of sp³-hybridized carbons (Fsp3) is 0.286. The number of halogens is 1. The highest BCUT2D eigenvalue weighted by Gasteiger charge is 2.45. The van der Waals surface area contributed by atoms with Crippen molar-refractivity contribution in [2.45, 2.75) is 31.7 Å². The Morgan fingerprint density at radius 2 is 1.85 bits per heavy atom. The highest BCUT2D eigenvalue weighted by Crippen LogP contribution is 2.47. The first-order valence-corrected chi connectivity index (χ1v) is 9.46. The fourth-order valence-corrected chi connectivity index (χ4v) is 4.10. The molecule has 2 aliphatic rings. The molecule has 1 aliphatic carbocycles. The van der Waals surface area contributed by atoms with E-state index in [4.69, 9.17) is 21.3 Å². The third-order valence-corrected chi connectivity index (χ3v) is 5.82. The van der Waals surface area contributed by atoms with Gasteiger partial charge in [-0.15, -0.1) is 10.2 Å². The molecule has 136 valence electrons. The monoisotopic (exact) mass is 378 g/mol. The Labute approximate surface area is 162 Å². The van der Waals surface area contributed by atoms with E-state index in [0.29, 0.717) is 5.02 Å². The average Bonchev–Trinajstić information content (AvgIpc) is 2.97. The second-order valence-corrected chi connectivity index (χ2v) is 7.58. The first-order chi connectivity index (χ1) is 13.1. The van der Waals surface area contributed by atoms with Crippen LogP contribution in [0.4, 0.5) is 0 Å². The van der Waals surface area contributed by atoms with Gasteiger partial charge in [-0.05, 0) is 56.5 Å². The predicted molar refractivity (Wildman–Crippen MR) is 105 cm³/mol. The number of benzene rings is 2. The topological polar surface area (TPSA) is 52.3 Å². The Balaban J connectivity index is 1.84. The molecule has 1 fully saturated rings. The first-order valence-electron chi connectivity index (χ1n) is 9.08. The van der Waals surface area contributed by atoms with Crippen LogP contribution in [0.25, 0.3) is 5.69 Å². The molecule has 5 nitrogen and oxygen atoms in total. The van der Waals surface area contributed by atoms with Crippen molar-refractivity contribution >= 4 is 17.3 Å². The third-order valence-electron chi connectivity index (χ3n) is 5.57. The van der Waals surface area contributed by atoms with E-state index in [0.717, 1.165) is 59.2 Å². The Kier molecular flexibility index (Phi) is 3.62. The number of ether oxygens (including phenoxy) is 1. The van der Waals surface area contributed by atoms with Crippen LogP contribution in [0.1, 0.15) is 42.0 Å². The van der Waals surface area contributed by atoms with E-state index in [1.165, 1.54) is 0 Å². The van der Waals surface area contributed by atoms with Crippen LogP contribution in [0.2, 0.25) is 5.02 Å². The quantitative estimate of drug-likeness (QED) is 0.661. The fourth-order valence-electron chi connectivity index (χ4n) is 3.98. The number of aliphatic imine (C=N–C) groups is 1. The maximum absolute atomic E-state index is 6.12. The van der Waals surface area contributed by atoms with Gasteiger partial charge in [0.2, 0.25) is 0 Å². The van der Waals surface area contributed by atoms with E-state index in [9.17, 15) is 0 Å². The van der Waals surface area contributed by atoms with E-state index in [2.05, 4.69) is 20.8 Å². The number of hydrogen-bond donors (Lipinski definition) is 0. The van der Waals surface area contributed by atoms with Crippen molar-refractivity contribution in [1.29, 1.82) is 0 Å². The highest BCUT2D eigenvalue weighted by atomic mass is 35.5. The lowest BCUT2D eigenvalue weighted by Crippen LogP contribution is -2.35. The standard InChI is InChI=1S/C21H19ClN4O/c1-13-24-25-20-21(10-3-11-21)23-19(14-4-6-15(22)7-5-14)17-12-16(27-2)8-9-18(17)26(13)20/h4-9,12H,3,10-11H2,1-2H3. The second-order valence-electron chi connectivity index (χ2n) is 7.14. The lowest BCUT2D eigenvalue weighted by atomic mass is 9.76. The summed E-state index contributed by atoms with van der Waals surface area (Å²) in [6.07, 6.45) is 3.10. The van der Waals surface area contributed by atoms with Crippen molar-refractivity contribution in [2.24, 2.45) is 4.99 Å². The van der Waals surface area contributed by atoms with Gasteiger partial charge in [0.05, 0.1) is 18.5 Å². The molecular weight excluding hydrogens is 360 g/mol. The number of methoxy groups -OCH3 is 1. The molecule has 1 aromatic heterocycles. The summed E-state index contributed by atoms with van der Waals surface area (Å²) in [6, 6.07) is 13.9. The molecule has 0 radical (unpaired) electrons. The number of aromatic nitrogens is 3. The molecule has 6 heteroatoms. The maximum atomic E-state index is 6.12. The van der Waals surface area contributed by atoms with Gasteiger partial charge in [-0.3, -0.25) is 9.56 Å². The molecule has 0 unspecified atom stereocenters. The van der Waals surface area contributed by atoms with Crippen LogP contribution < -0.4 is 4.74 Å². The summed E-state index contributed by atoms with van der Waals surface area (Å²) in [7, 11) is 1.68. The van der Waals surface area contributed by atoms with Crippen molar-refractivity contribution in [3.8, 4) is 11.4 Å². The van der Waals surface area contributed by atoms with E-state index in [1.807, 2.05) is 43.3 Å². The molecular formula is C21H19ClN4O. The summed E-state index contributed by atoms with van der Waals surface area (Å²) >= 11 is 6.12.